The third-order valence-corrected chi connectivity index (χ3v) is 3.84. The molecule has 1 amide bonds. The molecule has 1 aromatic carbocycles. The number of aromatic nitrogens is 1. The molecular formula is C13H14FN3O4S. The standard InChI is InChI=1S/C13H14FN3O4S/c1-9-7-12(16-21-9)15-13(18)8-17(22(2,19)20)11-5-3-10(14)4-6-11/h3-7H,8H2,1-2H3,(H,15,16,18). The van der Waals surface area contributed by atoms with Gasteiger partial charge in [0, 0.05) is 6.07 Å². The third kappa shape index (κ3) is 4.04. The van der Waals surface area contributed by atoms with Crippen LogP contribution in [0.25, 0.3) is 0 Å². The monoisotopic (exact) mass is 327 g/mol. The summed E-state index contributed by atoms with van der Waals surface area (Å²) in [6.45, 7) is 1.19. The van der Waals surface area contributed by atoms with Crippen molar-refractivity contribution in [1.29, 1.82) is 0 Å². The minimum absolute atomic E-state index is 0.190. The summed E-state index contributed by atoms with van der Waals surface area (Å²) in [5, 5.41) is 6.01. The van der Waals surface area contributed by atoms with E-state index in [4.69, 9.17) is 4.52 Å². The highest BCUT2D eigenvalue weighted by atomic mass is 32.2. The first-order valence-electron chi connectivity index (χ1n) is 6.22. The Morgan fingerprint density at radius 1 is 1.36 bits per heavy atom. The molecule has 0 bridgehead atoms. The average molecular weight is 327 g/mol. The summed E-state index contributed by atoms with van der Waals surface area (Å²) in [5.74, 6) is -0.397. The normalized spacial score (nSPS) is 11.2. The molecule has 0 fully saturated rings. The molecule has 0 radical (unpaired) electrons. The second-order valence-electron chi connectivity index (χ2n) is 4.62. The quantitative estimate of drug-likeness (QED) is 0.899. The van der Waals surface area contributed by atoms with Gasteiger partial charge in [-0.05, 0) is 31.2 Å². The highest BCUT2D eigenvalue weighted by Crippen LogP contribution is 2.18. The van der Waals surface area contributed by atoms with Crippen LogP contribution in [-0.4, -0.2) is 32.3 Å². The lowest BCUT2D eigenvalue weighted by atomic mass is 10.3. The number of amides is 1. The van der Waals surface area contributed by atoms with Gasteiger partial charge in [0.1, 0.15) is 18.1 Å². The SMILES string of the molecule is Cc1cc(NC(=O)CN(c2ccc(F)cc2)S(C)(=O)=O)no1. The molecule has 0 aliphatic carbocycles. The molecule has 7 nitrogen and oxygen atoms in total. The molecule has 2 rings (SSSR count). The van der Waals surface area contributed by atoms with Gasteiger partial charge in [0.05, 0.1) is 11.9 Å². The van der Waals surface area contributed by atoms with Gasteiger partial charge in [-0.1, -0.05) is 5.16 Å². The van der Waals surface area contributed by atoms with Crippen LogP contribution in [0.5, 0.6) is 0 Å². The molecule has 22 heavy (non-hydrogen) atoms. The summed E-state index contributed by atoms with van der Waals surface area (Å²) in [4.78, 5) is 11.9. The lowest BCUT2D eigenvalue weighted by molar-refractivity contribution is -0.114. The average Bonchev–Trinajstić information content (AvgIpc) is 2.81. The number of nitrogens with zero attached hydrogens (tertiary/aromatic N) is 2. The summed E-state index contributed by atoms with van der Waals surface area (Å²) in [6, 6.07) is 6.30. The van der Waals surface area contributed by atoms with E-state index in [1.54, 1.807) is 6.92 Å². The Hall–Kier alpha value is -2.42. The predicted octanol–water partition coefficient (Wildman–Crippen LogP) is 1.53. The Bertz CT molecular complexity index is 771. The number of benzene rings is 1. The molecule has 0 saturated heterocycles. The van der Waals surface area contributed by atoms with Crippen LogP contribution in [0.1, 0.15) is 5.76 Å². The summed E-state index contributed by atoms with van der Waals surface area (Å²) in [6.07, 6.45) is 0.962. The van der Waals surface area contributed by atoms with Gasteiger partial charge in [-0.2, -0.15) is 0 Å². The number of aryl methyl sites for hydroxylation is 1. The van der Waals surface area contributed by atoms with Crippen molar-refractivity contribution in [1.82, 2.24) is 5.16 Å². The van der Waals surface area contributed by atoms with E-state index >= 15 is 0 Å². The molecule has 1 N–H and O–H groups in total. The van der Waals surface area contributed by atoms with E-state index in [0.717, 1.165) is 22.7 Å². The van der Waals surface area contributed by atoms with E-state index in [-0.39, 0.29) is 11.5 Å². The molecular weight excluding hydrogens is 313 g/mol. The van der Waals surface area contributed by atoms with Gasteiger partial charge in [0.15, 0.2) is 5.82 Å². The molecule has 0 aliphatic rings. The Morgan fingerprint density at radius 3 is 2.50 bits per heavy atom. The maximum atomic E-state index is 12.9. The van der Waals surface area contributed by atoms with Gasteiger partial charge in [0.25, 0.3) is 0 Å². The zero-order chi connectivity index (χ0) is 16.3. The van der Waals surface area contributed by atoms with Crippen LogP contribution in [0.4, 0.5) is 15.9 Å². The Balaban J connectivity index is 2.17. The smallest absolute Gasteiger partial charge is 0.246 e. The van der Waals surface area contributed by atoms with E-state index in [9.17, 15) is 17.6 Å². The van der Waals surface area contributed by atoms with Crippen LogP contribution in [0.2, 0.25) is 0 Å². The second-order valence-corrected chi connectivity index (χ2v) is 6.52. The number of rotatable bonds is 5. The fourth-order valence-electron chi connectivity index (χ4n) is 1.75. The molecule has 0 saturated carbocycles. The lowest BCUT2D eigenvalue weighted by Crippen LogP contribution is -2.37. The highest BCUT2D eigenvalue weighted by molar-refractivity contribution is 7.92. The summed E-state index contributed by atoms with van der Waals surface area (Å²) in [5.41, 5.74) is 0.190. The zero-order valence-corrected chi connectivity index (χ0v) is 12.7. The Kier molecular flexibility index (Phi) is 4.45. The van der Waals surface area contributed by atoms with E-state index in [1.165, 1.54) is 18.2 Å². The van der Waals surface area contributed by atoms with Crippen LogP contribution in [0.3, 0.4) is 0 Å². The summed E-state index contributed by atoms with van der Waals surface area (Å²) < 4.78 is 42.3. The molecule has 1 heterocycles. The number of hydrogen-bond donors (Lipinski definition) is 1. The highest BCUT2D eigenvalue weighted by Gasteiger charge is 2.21. The van der Waals surface area contributed by atoms with Gasteiger partial charge < -0.3 is 9.84 Å². The van der Waals surface area contributed by atoms with Crippen molar-refractivity contribution < 1.29 is 22.1 Å². The number of hydrogen-bond acceptors (Lipinski definition) is 5. The van der Waals surface area contributed by atoms with Crippen molar-refractivity contribution in [3.63, 3.8) is 0 Å². The van der Waals surface area contributed by atoms with Gasteiger partial charge in [0.2, 0.25) is 15.9 Å². The first-order chi connectivity index (χ1) is 10.3. The first-order valence-corrected chi connectivity index (χ1v) is 8.07. The van der Waals surface area contributed by atoms with Crippen LogP contribution < -0.4 is 9.62 Å². The molecule has 2 aromatic rings. The fourth-order valence-corrected chi connectivity index (χ4v) is 2.60. The van der Waals surface area contributed by atoms with Gasteiger partial charge in [-0.25, -0.2) is 12.8 Å². The maximum Gasteiger partial charge on any atom is 0.246 e. The second kappa shape index (κ2) is 6.14. The van der Waals surface area contributed by atoms with Crippen molar-refractivity contribution in [2.24, 2.45) is 0 Å². The number of carbonyl (C=O) groups excluding carboxylic acids is 1. The minimum atomic E-state index is -3.71. The summed E-state index contributed by atoms with van der Waals surface area (Å²) >= 11 is 0. The number of halogens is 1. The van der Waals surface area contributed by atoms with E-state index < -0.39 is 28.3 Å². The van der Waals surface area contributed by atoms with Gasteiger partial charge in [-0.15, -0.1) is 0 Å². The number of anilines is 2. The molecule has 0 spiro atoms. The van der Waals surface area contributed by atoms with E-state index in [1.807, 2.05) is 0 Å². The number of nitrogens with one attached hydrogen (secondary N) is 1. The number of sulfonamides is 1. The van der Waals surface area contributed by atoms with Crippen LogP contribution in [-0.2, 0) is 14.8 Å². The topological polar surface area (TPSA) is 92.5 Å². The minimum Gasteiger partial charge on any atom is -0.360 e. The lowest BCUT2D eigenvalue weighted by Gasteiger charge is -2.21. The third-order valence-electron chi connectivity index (χ3n) is 2.70. The molecule has 0 aliphatic heterocycles. The van der Waals surface area contributed by atoms with Crippen molar-refractivity contribution in [3.05, 3.63) is 41.9 Å². The van der Waals surface area contributed by atoms with Crippen molar-refractivity contribution >= 4 is 27.4 Å². The molecule has 0 unspecified atom stereocenters. The van der Waals surface area contributed by atoms with E-state index in [0.29, 0.717) is 5.76 Å². The summed E-state index contributed by atoms with van der Waals surface area (Å²) in [7, 11) is -3.71. The fraction of sp³-hybridized carbons (Fsp3) is 0.231. The van der Waals surface area contributed by atoms with Crippen molar-refractivity contribution in [3.8, 4) is 0 Å². The molecule has 1 aromatic heterocycles. The predicted molar refractivity (Wildman–Crippen MR) is 78.5 cm³/mol. The maximum absolute atomic E-state index is 12.9. The van der Waals surface area contributed by atoms with Crippen LogP contribution >= 0.6 is 0 Å². The zero-order valence-electron chi connectivity index (χ0n) is 11.9. The Labute approximate surface area is 126 Å². The molecule has 9 heteroatoms. The van der Waals surface area contributed by atoms with Gasteiger partial charge >= 0.3 is 0 Å². The van der Waals surface area contributed by atoms with Crippen LogP contribution in [0.15, 0.2) is 34.9 Å². The Morgan fingerprint density at radius 2 is 2.00 bits per heavy atom. The largest absolute Gasteiger partial charge is 0.360 e. The molecule has 0 atom stereocenters. The van der Waals surface area contributed by atoms with E-state index in [2.05, 4.69) is 10.5 Å². The molecule has 118 valence electrons. The first kappa shape index (κ1) is 16.0. The van der Waals surface area contributed by atoms with Gasteiger partial charge in [-0.3, -0.25) is 9.10 Å². The van der Waals surface area contributed by atoms with Crippen LogP contribution in [0, 0.1) is 12.7 Å². The number of carbonyl (C=O) groups is 1. The van der Waals surface area contributed by atoms with Crippen molar-refractivity contribution in [2.45, 2.75) is 6.92 Å². The van der Waals surface area contributed by atoms with Crippen molar-refractivity contribution in [2.75, 3.05) is 22.4 Å².